The van der Waals surface area contributed by atoms with Crippen molar-refractivity contribution >= 4 is 23.2 Å². The monoisotopic (exact) mass is 532 g/mol. The molecule has 2 atom stereocenters. The Morgan fingerprint density at radius 1 is 0.949 bits per heavy atom. The highest BCUT2D eigenvalue weighted by Crippen LogP contribution is 2.30. The molecule has 39 heavy (non-hydrogen) atoms. The predicted molar refractivity (Wildman–Crippen MR) is 147 cm³/mol. The summed E-state index contributed by atoms with van der Waals surface area (Å²) < 4.78 is 10.7. The fourth-order valence-corrected chi connectivity index (χ4v) is 4.83. The summed E-state index contributed by atoms with van der Waals surface area (Å²) in [6, 6.07) is 17.5. The zero-order valence-corrected chi connectivity index (χ0v) is 22.0. The fraction of sp³-hybridized carbons (Fsp3) is 0.310. The molecule has 0 spiro atoms. The average Bonchev–Trinajstić information content (AvgIpc) is 2.96. The lowest BCUT2D eigenvalue weighted by Crippen LogP contribution is -2.51. The smallest absolute Gasteiger partial charge is 0.269 e. The number of anilines is 1. The molecule has 2 unspecified atom stereocenters. The van der Waals surface area contributed by atoms with Crippen LogP contribution in [0.15, 0.2) is 66.7 Å². The van der Waals surface area contributed by atoms with E-state index in [1.807, 2.05) is 17.0 Å². The quantitative estimate of drug-likeness (QED) is 0.299. The van der Waals surface area contributed by atoms with Crippen LogP contribution in [0.1, 0.15) is 52.0 Å². The molecule has 10 nitrogen and oxygen atoms in total. The number of nitro benzene ring substituents is 1. The van der Waals surface area contributed by atoms with Gasteiger partial charge in [-0.1, -0.05) is 25.0 Å². The molecule has 0 bridgehead atoms. The number of methoxy groups -OCH3 is 2. The lowest BCUT2D eigenvalue weighted by atomic mass is 9.89. The molecule has 0 radical (unpaired) electrons. The van der Waals surface area contributed by atoms with Crippen LogP contribution in [0.25, 0.3) is 0 Å². The maximum absolute atomic E-state index is 13.8. The van der Waals surface area contributed by atoms with E-state index in [4.69, 9.17) is 15.2 Å². The topological polar surface area (TPSA) is 137 Å². The van der Waals surface area contributed by atoms with Gasteiger partial charge < -0.3 is 25.4 Å². The summed E-state index contributed by atoms with van der Waals surface area (Å²) in [6.07, 6.45) is 3.72. The van der Waals surface area contributed by atoms with E-state index in [1.54, 1.807) is 37.4 Å². The van der Waals surface area contributed by atoms with Crippen molar-refractivity contribution in [2.45, 2.75) is 44.3 Å². The lowest BCUT2D eigenvalue weighted by molar-refractivity contribution is -0.384. The number of nitrogens with two attached hydrogens (primary N) is 1. The Balaban J connectivity index is 1.52. The van der Waals surface area contributed by atoms with E-state index >= 15 is 0 Å². The van der Waals surface area contributed by atoms with Crippen LogP contribution in [0.2, 0.25) is 0 Å². The van der Waals surface area contributed by atoms with Gasteiger partial charge in [0.2, 0.25) is 0 Å². The van der Waals surface area contributed by atoms with E-state index in [2.05, 4.69) is 5.32 Å². The van der Waals surface area contributed by atoms with Gasteiger partial charge in [-0.15, -0.1) is 0 Å². The minimum Gasteiger partial charge on any atom is -0.493 e. The van der Waals surface area contributed by atoms with Gasteiger partial charge in [0.25, 0.3) is 17.5 Å². The molecule has 3 N–H and O–H groups in total. The highest BCUT2D eigenvalue weighted by atomic mass is 16.6. The molecule has 10 heteroatoms. The Labute approximate surface area is 226 Å². The first-order valence-corrected chi connectivity index (χ1v) is 12.7. The predicted octanol–water partition coefficient (Wildman–Crippen LogP) is 4.78. The number of non-ortho nitro benzene ring substituents is 1. The third-order valence-corrected chi connectivity index (χ3v) is 6.98. The molecule has 1 aliphatic carbocycles. The second kappa shape index (κ2) is 12.4. The third-order valence-electron chi connectivity index (χ3n) is 6.98. The van der Waals surface area contributed by atoms with Crippen molar-refractivity contribution in [3.8, 4) is 11.5 Å². The van der Waals surface area contributed by atoms with E-state index in [9.17, 15) is 19.7 Å². The number of amides is 2. The van der Waals surface area contributed by atoms with Crippen LogP contribution in [0.4, 0.5) is 11.4 Å². The molecule has 0 saturated heterocycles. The van der Waals surface area contributed by atoms with Crippen molar-refractivity contribution in [3.63, 3.8) is 0 Å². The first kappa shape index (κ1) is 27.6. The number of benzene rings is 3. The van der Waals surface area contributed by atoms with Crippen LogP contribution in [0.3, 0.4) is 0 Å². The number of nitro groups is 1. The number of nitrogens with zero attached hydrogens (tertiary/aromatic N) is 2. The van der Waals surface area contributed by atoms with Crippen molar-refractivity contribution in [1.29, 1.82) is 0 Å². The van der Waals surface area contributed by atoms with Crippen molar-refractivity contribution in [2.24, 2.45) is 5.73 Å². The summed E-state index contributed by atoms with van der Waals surface area (Å²) >= 11 is 0. The van der Waals surface area contributed by atoms with Gasteiger partial charge in [-0.25, -0.2) is 0 Å². The Kier molecular flexibility index (Phi) is 8.77. The zero-order valence-electron chi connectivity index (χ0n) is 22.0. The second-order valence-electron chi connectivity index (χ2n) is 9.47. The summed E-state index contributed by atoms with van der Waals surface area (Å²) in [4.78, 5) is 38.5. The summed E-state index contributed by atoms with van der Waals surface area (Å²) in [7, 11) is 3.08. The van der Waals surface area contributed by atoms with Gasteiger partial charge in [-0.3, -0.25) is 19.7 Å². The molecule has 1 fully saturated rings. The van der Waals surface area contributed by atoms with E-state index in [1.165, 1.54) is 31.4 Å². The van der Waals surface area contributed by atoms with Crippen LogP contribution in [-0.4, -0.2) is 47.9 Å². The Hall–Kier alpha value is -4.44. The Bertz CT molecular complexity index is 1330. The molecular formula is C29H32N4O6. The fourth-order valence-electron chi connectivity index (χ4n) is 4.83. The van der Waals surface area contributed by atoms with E-state index in [-0.39, 0.29) is 29.6 Å². The molecule has 0 aromatic heterocycles. The summed E-state index contributed by atoms with van der Waals surface area (Å²) in [6.45, 7) is 0.349. The number of hydrogen-bond donors (Lipinski definition) is 2. The van der Waals surface area contributed by atoms with Crippen LogP contribution in [0, 0.1) is 10.1 Å². The molecule has 3 aromatic rings. The van der Waals surface area contributed by atoms with Crippen molar-refractivity contribution < 1.29 is 24.0 Å². The maximum atomic E-state index is 13.8. The number of hydrogen-bond acceptors (Lipinski definition) is 7. The highest BCUT2D eigenvalue weighted by molar-refractivity contribution is 6.04. The van der Waals surface area contributed by atoms with Gasteiger partial charge in [-0.05, 0) is 60.9 Å². The zero-order chi connectivity index (χ0) is 27.9. The molecule has 204 valence electrons. The molecule has 0 heterocycles. The van der Waals surface area contributed by atoms with Gasteiger partial charge in [-0.2, -0.15) is 0 Å². The number of carbonyl (C=O) groups is 2. The van der Waals surface area contributed by atoms with Gasteiger partial charge in [0, 0.05) is 47.6 Å². The van der Waals surface area contributed by atoms with Gasteiger partial charge in [0.05, 0.1) is 19.1 Å². The lowest BCUT2D eigenvalue weighted by Gasteiger charge is -2.38. The Morgan fingerprint density at radius 2 is 1.59 bits per heavy atom. The number of carbonyl (C=O) groups excluding carboxylic acids is 2. The standard InChI is InChI=1S/C29H32N4O6/c1-38-26-16-11-21(17-27(26)39-2)29(35)32(25-6-4-3-5-24(25)30)18-19-7-12-22(13-8-19)31-28(34)20-9-14-23(15-10-20)33(36)37/h7-17,24-25H,3-6,18,30H2,1-2H3,(H,31,34). The van der Waals surface area contributed by atoms with Gasteiger partial charge >= 0.3 is 0 Å². The highest BCUT2D eigenvalue weighted by Gasteiger charge is 2.32. The molecule has 0 aliphatic heterocycles. The van der Waals surface area contributed by atoms with Crippen LogP contribution < -0.4 is 20.5 Å². The van der Waals surface area contributed by atoms with Crippen molar-refractivity contribution in [1.82, 2.24) is 4.90 Å². The van der Waals surface area contributed by atoms with Crippen LogP contribution in [0.5, 0.6) is 11.5 Å². The molecule has 4 rings (SSSR count). The molecule has 2 amide bonds. The summed E-state index contributed by atoms with van der Waals surface area (Å²) in [5.41, 5.74) is 8.65. The van der Waals surface area contributed by atoms with Crippen molar-refractivity contribution in [3.05, 3.63) is 93.5 Å². The average molecular weight is 533 g/mol. The normalized spacial score (nSPS) is 16.7. The SMILES string of the molecule is COc1ccc(C(=O)N(Cc2ccc(NC(=O)c3ccc([N+](=O)[O-])cc3)cc2)C2CCCCC2N)cc1OC. The van der Waals surface area contributed by atoms with Crippen molar-refractivity contribution in [2.75, 3.05) is 19.5 Å². The maximum Gasteiger partial charge on any atom is 0.269 e. The number of ether oxygens (including phenoxy) is 2. The molecule has 1 saturated carbocycles. The third kappa shape index (κ3) is 6.53. The van der Waals surface area contributed by atoms with Crippen LogP contribution in [-0.2, 0) is 6.54 Å². The van der Waals surface area contributed by atoms with E-state index in [0.29, 0.717) is 34.9 Å². The van der Waals surface area contributed by atoms with E-state index < -0.39 is 4.92 Å². The number of rotatable bonds is 9. The van der Waals surface area contributed by atoms with Crippen LogP contribution >= 0.6 is 0 Å². The second-order valence-corrected chi connectivity index (χ2v) is 9.47. The first-order valence-electron chi connectivity index (χ1n) is 12.7. The van der Waals surface area contributed by atoms with Gasteiger partial charge in [0.1, 0.15) is 0 Å². The van der Waals surface area contributed by atoms with Gasteiger partial charge in [0.15, 0.2) is 11.5 Å². The Morgan fingerprint density at radius 3 is 2.21 bits per heavy atom. The molecule has 3 aromatic carbocycles. The molecular weight excluding hydrogens is 500 g/mol. The summed E-state index contributed by atoms with van der Waals surface area (Å²) in [5, 5.41) is 13.6. The minimum atomic E-state index is -0.514. The number of nitrogens with one attached hydrogen (secondary N) is 1. The first-order chi connectivity index (χ1) is 18.8. The largest absolute Gasteiger partial charge is 0.493 e. The minimum absolute atomic E-state index is 0.0826. The molecule has 1 aliphatic rings. The summed E-state index contributed by atoms with van der Waals surface area (Å²) in [5.74, 6) is 0.496. The van der Waals surface area contributed by atoms with E-state index in [0.717, 1.165) is 31.2 Å².